The Hall–Kier alpha value is -4.38. The Labute approximate surface area is 234 Å². The molecule has 3 rings (SSSR count). The molecule has 0 aliphatic carbocycles. The Morgan fingerprint density at radius 2 is 1.50 bits per heavy atom. The molecule has 0 spiro atoms. The summed E-state index contributed by atoms with van der Waals surface area (Å²) in [6.45, 7) is 6.91. The molecule has 1 amide bonds. The van der Waals surface area contributed by atoms with Crippen molar-refractivity contribution in [2.24, 2.45) is 5.10 Å². The lowest BCUT2D eigenvalue weighted by molar-refractivity contribution is -0.157. The van der Waals surface area contributed by atoms with E-state index in [0.29, 0.717) is 29.4 Å². The number of carbonyl (C=O) groups excluding carboxylic acids is 2. The number of hydrogen-bond donors (Lipinski definition) is 1. The van der Waals surface area contributed by atoms with Gasteiger partial charge < -0.3 is 14.2 Å². The lowest BCUT2D eigenvalue weighted by Crippen LogP contribution is -2.39. The highest BCUT2D eigenvalue weighted by Gasteiger charge is 2.27. The van der Waals surface area contributed by atoms with Crippen LogP contribution in [0.4, 0.5) is 5.69 Å². The monoisotopic (exact) mass is 567 g/mol. The third kappa shape index (κ3) is 9.12. The Bertz CT molecular complexity index is 1400. The predicted octanol–water partition coefficient (Wildman–Crippen LogP) is 4.15. The van der Waals surface area contributed by atoms with Crippen molar-refractivity contribution in [2.75, 3.05) is 24.1 Å². The molecule has 3 aromatic carbocycles. The van der Waals surface area contributed by atoms with Crippen molar-refractivity contribution in [1.29, 1.82) is 0 Å². The Morgan fingerprint density at radius 1 is 0.900 bits per heavy atom. The van der Waals surface area contributed by atoms with Crippen LogP contribution in [0.5, 0.6) is 11.5 Å². The van der Waals surface area contributed by atoms with Crippen LogP contribution in [0.3, 0.4) is 0 Å². The first-order valence-corrected chi connectivity index (χ1v) is 14.0. The van der Waals surface area contributed by atoms with Gasteiger partial charge in [0.2, 0.25) is 0 Å². The van der Waals surface area contributed by atoms with Gasteiger partial charge in [-0.15, -0.1) is 0 Å². The quantitative estimate of drug-likeness (QED) is 0.198. The third-order valence-corrected chi connectivity index (χ3v) is 6.90. The molecule has 0 aliphatic rings. The number of carbonyl (C=O) groups is 2. The van der Waals surface area contributed by atoms with E-state index in [4.69, 9.17) is 14.2 Å². The Kier molecular flexibility index (Phi) is 10.3. The van der Waals surface area contributed by atoms with Crippen molar-refractivity contribution in [2.45, 2.75) is 38.2 Å². The number of esters is 1. The molecule has 40 heavy (non-hydrogen) atoms. The average molecular weight is 568 g/mol. The van der Waals surface area contributed by atoms with Gasteiger partial charge in [-0.3, -0.25) is 9.10 Å². The first kappa shape index (κ1) is 30.2. The zero-order valence-corrected chi connectivity index (χ0v) is 23.7. The van der Waals surface area contributed by atoms with Crippen LogP contribution in [-0.2, 0) is 24.3 Å². The molecule has 11 heteroatoms. The van der Waals surface area contributed by atoms with Gasteiger partial charge in [0.05, 0.1) is 23.4 Å². The highest BCUT2D eigenvalue weighted by molar-refractivity contribution is 7.92. The summed E-state index contributed by atoms with van der Waals surface area (Å²) >= 11 is 0. The van der Waals surface area contributed by atoms with Crippen molar-refractivity contribution in [3.8, 4) is 11.5 Å². The van der Waals surface area contributed by atoms with Crippen LogP contribution < -0.4 is 19.2 Å². The van der Waals surface area contributed by atoms with Crippen molar-refractivity contribution in [1.82, 2.24) is 5.43 Å². The normalized spacial score (nSPS) is 11.6. The lowest BCUT2D eigenvalue weighted by Gasteiger charge is -2.24. The summed E-state index contributed by atoms with van der Waals surface area (Å²) in [4.78, 5) is 24.6. The number of nitrogens with one attached hydrogen (secondary N) is 1. The van der Waals surface area contributed by atoms with E-state index in [9.17, 15) is 18.0 Å². The summed E-state index contributed by atoms with van der Waals surface area (Å²) in [6, 6.07) is 21.0. The van der Waals surface area contributed by atoms with Crippen molar-refractivity contribution in [3.63, 3.8) is 0 Å². The fourth-order valence-electron chi connectivity index (χ4n) is 3.42. The summed E-state index contributed by atoms with van der Waals surface area (Å²) < 4.78 is 43.9. The highest BCUT2D eigenvalue weighted by Crippen LogP contribution is 2.25. The van der Waals surface area contributed by atoms with Gasteiger partial charge in [0.25, 0.3) is 15.9 Å². The minimum absolute atomic E-state index is 0.0502. The average Bonchev–Trinajstić information content (AvgIpc) is 2.91. The largest absolute Gasteiger partial charge is 0.494 e. The minimum Gasteiger partial charge on any atom is -0.494 e. The number of hydrazone groups is 1. The van der Waals surface area contributed by atoms with Crippen molar-refractivity contribution < 1.29 is 32.2 Å². The molecule has 0 atom stereocenters. The molecular formula is C29H33N3O7S. The zero-order chi connectivity index (χ0) is 29.2. The maximum Gasteiger partial charge on any atom is 0.344 e. The van der Waals surface area contributed by atoms with Gasteiger partial charge in [-0.25, -0.2) is 18.6 Å². The molecule has 0 fully saturated rings. The van der Waals surface area contributed by atoms with Crippen LogP contribution in [0.15, 0.2) is 88.9 Å². The smallest absolute Gasteiger partial charge is 0.344 e. The first-order chi connectivity index (χ1) is 19.0. The van der Waals surface area contributed by atoms with E-state index in [-0.39, 0.29) is 11.5 Å². The van der Waals surface area contributed by atoms with Crippen LogP contribution >= 0.6 is 0 Å². The van der Waals surface area contributed by atoms with E-state index in [1.165, 1.54) is 18.3 Å². The van der Waals surface area contributed by atoms with E-state index in [0.717, 1.165) is 4.31 Å². The molecule has 0 saturated carbocycles. The van der Waals surface area contributed by atoms with E-state index in [1.807, 2.05) is 6.92 Å². The second kappa shape index (κ2) is 13.6. The highest BCUT2D eigenvalue weighted by atomic mass is 32.2. The summed E-state index contributed by atoms with van der Waals surface area (Å²) in [7, 11) is -4.05. The topological polar surface area (TPSA) is 124 Å². The van der Waals surface area contributed by atoms with Gasteiger partial charge in [-0.1, -0.05) is 18.2 Å². The molecule has 0 aromatic heterocycles. The summed E-state index contributed by atoms with van der Waals surface area (Å²) in [5, 5.41) is 3.94. The molecule has 0 heterocycles. The van der Waals surface area contributed by atoms with E-state index in [2.05, 4.69) is 10.5 Å². The number of amides is 1. The fraction of sp³-hybridized carbons (Fsp3) is 0.276. The predicted molar refractivity (Wildman–Crippen MR) is 152 cm³/mol. The van der Waals surface area contributed by atoms with Crippen LogP contribution in [0.2, 0.25) is 0 Å². The van der Waals surface area contributed by atoms with Crippen LogP contribution in [0.25, 0.3) is 0 Å². The van der Waals surface area contributed by atoms with Crippen molar-refractivity contribution >= 4 is 33.8 Å². The number of rotatable bonds is 12. The van der Waals surface area contributed by atoms with Gasteiger partial charge in [0, 0.05) is 0 Å². The Morgan fingerprint density at radius 3 is 2.10 bits per heavy atom. The number of benzene rings is 3. The number of hydrogen-bond acceptors (Lipinski definition) is 8. The SMILES string of the molecule is CCOc1ccc(N(CC(=O)N/N=C\c2ccc(OCC(=O)OC(C)(C)C)cc2)S(=O)(=O)c2ccccc2)cc1. The summed E-state index contributed by atoms with van der Waals surface area (Å²) in [6.07, 6.45) is 1.41. The van der Waals surface area contributed by atoms with Crippen LogP contribution in [0.1, 0.15) is 33.3 Å². The molecular weight excluding hydrogens is 534 g/mol. The molecule has 0 saturated heterocycles. The lowest BCUT2D eigenvalue weighted by atomic mass is 10.2. The van der Waals surface area contributed by atoms with Gasteiger partial charge in [-0.2, -0.15) is 5.10 Å². The molecule has 0 aliphatic heterocycles. The second-order valence-corrected chi connectivity index (χ2v) is 11.4. The molecule has 0 unspecified atom stereocenters. The van der Waals surface area contributed by atoms with Gasteiger partial charge in [0.1, 0.15) is 23.6 Å². The maximum absolute atomic E-state index is 13.4. The molecule has 0 radical (unpaired) electrons. The Balaban J connectivity index is 1.65. The molecule has 1 N–H and O–H groups in total. The standard InChI is InChI=1S/C29H33N3O7S/c1-5-37-24-17-13-23(14-18-24)32(40(35,36)26-9-7-6-8-10-26)20-27(33)31-30-19-22-11-15-25(16-12-22)38-21-28(34)39-29(2,3)4/h6-19H,5,20-21H2,1-4H3,(H,31,33)/b30-19-. The van der Waals surface area contributed by atoms with Crippen LogP contribution in [0, 0.1) is 0 Å². The molecule has 0 bridgehead atoms. The van der Waals surface area contributed by atoms with E-state index < -0.39 is 34.0 Å². The summed E-state index contributed by atoms with van der Waals surface area (Å²) in [5.74, 6) is -0.0702. The van der Waals surface area contributed by atoms with Crippen molar-refractivity contribution in [3.05, 3.63) is 84.4 Å². The number of nitrogens with zero attached hydrogens (tertiary/aromatic N) is 2. The van der Waals surface area contributed by atoms with Gasteiger partial charge >= 0.3 is 5.97 Å². The van der Waals surface area contributed by atoms with E-state index >= 15 is 0 Å². The van der Waals surface area contributed by atoms with Gasteiger partial charge in [0.15, 0.2) is 6.61 Å². The fourth-order valence-corrected chi connectivity index (χ4v) is 4.86. The molecule has 10 nitrogen and oxygen atoms in total. The summed E-state index contributed by atoms with van der Waals surface area (Å²) in [5.41, 5.74) is 2.72. The number of sulfonamides is 1. The minimum atomic E-state index is -4.05. The maximum atomic E-state index is 13.4. The first-order valence-electron chi connectivity index (χ1n) is 12.6. The molecule has 3 aromatic rings. The third-order valence-electron chi connectivity index (χ3n) is 5.11. The second-order valence-electron chi connectivity index (χ2n) is 9.49. The number of ether oxygens (including phenoxy) is 3. The van der Waals surface area contributed by atoms with Crippen LogP contribution in [-0.4, -0.2) is 51.9 Å². The zero-order valence-electron chi connectivity index (χ0n) is 22.9. The van der Waals surface area contributed by atoms with Gasteiger partial charge in [-0.05, 0) is 93.9 Å². The number of anilines is 1. The van der Waals surface area contributed by atoms with E-state index in [1.54, 1.807) is 87.5 Å². The molecule has 212 valence electrons.